The fraction of sp³-hybridized carbons (Fsp3) is 0.273. The van der Waals surface area contributed by atoms with Crippen molar-refractivity contribution in [1.29, 1.82) is 0 Å². The summed E-state index contributed by atoms with van der Waals surface area (Å²) in [6.45, 7) is 1.86. The molecule has 2 aromatic rings. The van der Waals surface area contributed by atoms with E-state index in [0.29, 0.717) is 11.7 Å². The molecule has 8 heteroatoms. The largest absolute Gasteiger partial charge is 0.444 e. The molecule has 2 rings (SSSR count). The number of aromatic nitrogens is 2. The van der Waals surface area contributed by atoms with Crippen LogP contribution >= 0.6 is 0 Å². The number of halogens is 3. The number of pyridine rings is 1. The molecule has 3 N–H and O–H groups in total. The number of aryl methyl sites for hydroxylation is 1. The molecular weight excluding hydrogens is 261 g/mol. The van der Waals surface area contributed by atoms with Crippen LogP contribution in [0.3, 0.4) is 0 Å². The van der Waals surface area contributed by atoms with Crippen molar-refractivity contribution < 1.29 is 17.6 Å². The molecule has 2 heterocycles. The normalized spacial score (nSPS) is 11.6. The van der Waals surface area contributed by atoms with Gasteiger partial charge in [0.25, 0.3) is 0 Å². The predicted octanol–water partition coefficient (Wildman–Crippen LogP) is 2.59. The van der Waals surface area contributed by atoms with Gasteiger partial charge in [-0.05, 0) is 13.0 Å². The second kappa shape index (κ2) is 4.79. The van der Waals surface area contributed by atoms with Crippen LogP contribution < -0.4 is 11.1 Å². The Balaban J connectivity index is 2.15. The third-order valence-electron chi connectivity index (χ3n) is 2.32. The summed E-state index contributed by atoms with van der Waals surface area (Å²) < 4.78 is 42.7. The van der Waals surface area contributed by atoms with Crippen LogP contribution in [-0.4, -0.2) is 9.97 Å². The molecule has 0 atom stereocenters. The van der Waals surface area contributed by atoms with Crippen molar-refractivity contribution in [3.8, 4) is 0 Å². The third kappa shape index (κ3) is 3.15. The number of nitrogens with zero attached hydrogens (tertiary/aromatic N) is 2. The minimum absolute atomic E-state index is 0.122. The molecule has 2 aromatic heterocycles. The maximum atomic E-state index is 12.5. The summed E-state index contributed by atoms with van der Waals surface area (Å²) in [6, 6.07) is 0.852. The summed E-state index contributed by atoms with van der Waals surface area (Å²) in [5, 5.41) is 2.73. The van der Waals surface area contributed by atoms with Crippen LogP contribution in [0.1, 0.15) is 17.3 Å². The van der Waals surface area contributed by atoms with Gasteiger partial charge in [-0.2, -0.15) is 13.2 Å². The molecule has 0 bridgehead atoms. The van der Waals surface area contributed by atoms with Crippen molar-refractivity contribution in [3.05, 3.63) is 35.8 Å². The molecular formula is C11H11F3N4O. The van der Waals surface area contributed by atoms with Gasteiger partial charge in [-0.3, -0.25) is 0 Å². The molecule has 19 heavy (non-hydrogen) atoms. The van der Waals surface area contributed by atoms with Gasteiger partial charge in [-0.15, -0.1) is 0 Å². The Hall–Kier alpha value is -2.25. The van der Waals surface area contributed by atoms with Gasteiger partial charge in [0.05, 0.1) is 30.3 Å². The van der Waals surface area contributed by atoms with E-state index in [1.165, 1.54) is 6.20 Å². The van der Waals surface area contributed by atoms with E-state index in [1.807, 2.05) is 0 Å². The zero-order valence-electron chi connectivity index (χ0n) is 9.95. The molecule has 5 nitrogen and oxygen atoms in total. The minimum atomic E-state index is -4.51. The van der Waals surface area contributed by atoms with Crippen molar-refractivity contribution in [1.82, 2.24) is 9.97 Å². The predicted molar refractivity (Wildman–Crippen MR) is 62.2 cm³/mol. The highest BCUT2D eigenvalue weighted by atomic mass is 19.4. The van der Waals surface area contributed by atoms with Crippen LogP contribution in [0.15, 0.2) is 22.9 Å². The Morgan fingerprint density at radius 1 is 1.32 bits per heavy atom. The van der Waals surface area contributed by atoms with Gasteiger partial charge in [0.1, 0.15) is 11.5 Å². The van der Waals surface area contributed by atoms with E-state index >= 15 is 0 Å². The molecule has 0 aliphatic carbocycles. The fourth-order valence-electron chi connectivity index (χ4n) is 1.43. The van der Waals surface area contributed by atoms with E-state index in [4.69, 9.17) is 10.2 Å². The summed E-state index contributed by atoms with van der Waals surface area (Å²) in [5.41, 5.74) is 4.81. The van der Waals surface area contributed by atoms with Gasteiger partial charge >= 0.3 is 6.18 Å². The van der Waals surface area contributed by atoms with Crippen molar-refractivity contribution in [2.45, 2.75) is 19.6 Å². The number of hydrogen-bond acceptors (Lipinski definition) is 5. The van der Waals surface area contributed by atoms with E-state index in [1.54, 1.807) is 6.92 Å². The Morgan fingerprint density at radius 3 is 2.63 bits per heavy atom. The number of nitrogens with two attached hydrogens (primary N) is 1. The summed E-state index contributed by atoms with van der Waals surface area (Å²) in [6.07, 6.45) is -2.02. The summed E-state index contributed by atoms with van der Waals surface area (Å²) in [5.74, 6) is 0.984. The minimum Gasteiger partial charge on any atom is -0.444 e. The maximum Gasteiger partial charge on any atom is 0.433 e. The Bertz CT molecular complexity index is 580. The lowest BCUT2D eigenvalue weighted by Gasteiger charge is -2.11. The lowest BCUT2D eigenvalue weighted by atomic mass is 10.2. The Kier molecular flexibility index (Phi) is 3.32. The highest BCUT2D eigenvalue weighted by Gasteiger charge is 2.32. The van der Waals surface area contributed by atoms with Gasteiger partial charge < -0.3 is 15.5 Å². The van der Waals surface area contributed by atoms with Gasteiger partial charge in [0.15, 0.2) is 0 Å². The van der Waals surface area contributed by atoms with E-state index in [-0.39, 0.29) is 17.9 Å². The van der Waals surface area contributed by atoms with Gasteiger partial charge in [-0.25, -0.2) is 9.97 Å². The average Bonchev–Trinajstić information content (AvgIpc) is 2.72. The lowest BCUT2D eigenvalue weighted by molar-refractivity contribution is -0.141. The molecule has 0 radical (unpaired) electrons. The van der Waals surface area contributed by atoms with E-state index < -0.39 is 11.9 Å². The van der Waals surface area contributed by atoms with Crippen molar-refractivity contribution in [2.24, 2.45) is 0 Å². The van der Waals surface area contributed by atoms with Crippen LogP contribution in [0.2, 0.25) is 0 Å². The first-order valence-electron chi connectivity index (χ1n) is 5.34. The van der Waals surface area contributed by atoms with Crippen LogP contribution in [-0.2, 0) is 12.7 Å². The second-order valence-electron chi connectivity index (χ2n) is 3.87. The van der Waals surface area contributed by atoms with Crippen molar-refractivity contribution in [2.75, 3.05) is 11.1 Å². The molecule has 0 aromatic carbocycles. The maximum absolute atomic E-state index is 12.5. The van der Waals surface area contributed by atoms with Gasteiger partial charge in [-0.1, -0.05) is 0 Å². The molecule has 0 saturated carbocycles. The lowest BCUT2D eigenvalue weighted by Crippen LogP contribution is -2.10. The Morgan fingerprint density at radius 2 is 2.05 bits per heavy atom. The first kappa shape index (κ1) is 13.2. The highest BCUT2D eigenvalue weighted by Crippen LogP contribution is 2.31. The average molecular weight is 272 g/mol. The number of hydrogen-bond donors (Lipinski definition) is 2. The smallest absolute Gasteiger partial charge is 0.433 e. The fourth-order valence-corrected chi connectivity index (χ4v) is 1.43. The highest BCUT2D eigenvalue weighted by molar-refractivity contribution is 5.65. The first-order valence-corrected chi connectivity index (χ1v) is 5.34. The molecule has 0 fully saturated rings. The molecule has 0 unspecified atom stereocenters. The van der Waals surface area contributed by atoms with E-state index in [0.717, 1.165) is 12.3 Å². The Labute approximate surface area is 106 Å². The number of oxazole rings is 1. The molecule has 0 saturated heterocycles. The SMILES string of the molecule is Cc1cnc(CNc2cc(C(F)(F)F)ncc2N)o1. The zero-order chi connectivity index (χ0) is 14.0. The van der Waals surface area contributed by atoms with Crippen molar-refractivity contribution in [3.63, 3.8) is 0 Å². The molecule has 0 spiro atoms. The molecule has 0 aliphatic rings. The second-order valence-corrected chi connectivity index (χ2v) is 3.87. The number of nitrogen functional groups attached to an aromatic ring is 1. The van der Waals surface area contributed by atoms with Crippen LogP contribution in [0.5, 0.6) is 0 Å². The zero-order valence-corrected chi connectivity index (χ0v) is 9.95. The number of anilines is 2. The van der Waals surface area contributed by atoms with Crippen LogP contribution in [0.4, 0.5) is 24.5 Å². The summed E-state index contributed by atoms with van der Waals surface area (Å²) in [4.78, 5) is 7.16. The molecule has 0 amide bonds. The summed E-state index contributed by atoms with van der Waals surface area (Å²) in [7, 11) is 0. The van der Waals surface area contributed by atoms with Crippen molar-refractivity contribution >= 4 is 11.4 Å². The number of nitrogens with one attached hydrogen (secondary N) is 1. The standard InChI is InChI=1S/C11H11F3N4O/c1-6-3-18-10(19-6)5-16-8-2-9(11(12,13)14)17-4-7(8)15/h2-4H,5,15H2,1H3,(H,16,17). The van der Waals surface area contributed by atoms with Gasteiger partial charge in [0, 0.05) is 0 Å². The van der Waals surface area contributed by atoms with Crippen LogP contribution in [0.25, 0.3) is 0 Å². The van der Waals surface area contributed by atoms with E-state index in [2.05, 4.69) is 15.3 Å². The van der Waals surface area contributed by atoms with Crippen LogP contribution in [0, 0.1) is 6.92 Å². The summed E-state index contributed by atoms with van der Waals surface area (Å²) >= 11 is 0. The molecule has 102 valence electrons. The van der Waals surface area contributed by atoms with Gasteiger partial charge in [0.2, 0.25) is 5.89 Å². The number of rotatable bonds is 3. The molecule has 0 aliphatic heterocycles. The topological polar surface area (TPSA) is 77.0 Å². The monoisotopic (exact) mass is 272 g/mol. The first-order chi connectivity index (χ1) is 8.86. The van der Waals surface area contributed by atoms with E-state index in [9.17, 15) is 13.2 Å². The third-order valence-corrected chi connectivity index (χ3v) is 2.32. The quantitative estimate of drug-likeness (QED) is 0.898. The number of alkyl halides is 3.